The summed E-state index contributed by atoms with van der Waals surface area (Å²) in [5, 5.41) is 0. The second-order valence-electron chi connectivity index (χ2n) is 9.45. The molecule has 1 spiro atoms. The molecule has 3 fully saturated rings. The van der Waals surface area contributed by atoms with E-state index in [9.17, 15) is 4.79 Å². The molecule has 4 aliphatic heterocycles. The highest BCUT2D eigenvalue weighted by molar-refractivity contribution is 7.12. The van der Waals surface area contributed by atoms with Gasteiger partial charge in [0.15, 0.2) is 0 Å². The van der Waals surface area contributed by atoms with Crippen LogP contribution in [0.3, 0.4) is 0 Å². The van der Waals surface area contributed by atoms with Crippen LogP contribution in [0.5, 0.6) is 0 Å². The molecule has 5 heterocycles. The molecule has 6 nitrogen and oxygen atoms in total. The number of thiophene rings is 1. The average Bonchev–Trinajstić information content (AvgIpc) is 3.17. The number of likely N-dealkylation sites (tertiary alicyclic amines) is 2. The number of urea groups is 1. The monoisotopic (exact) mass is 433 g/mol. The number of hydrogen-bond acceptors (Lipinski definition) is 5. The second-order valence-corrected chi connectivity index (χ2v) is 10.7. The zero-order valence-corrected chi connectivity index (χ0v) is 19.2. The molecule has 0 saturated carbocycles. The van der Waals surface area contributed by atoms with Crippen LogP contribution in [0.4, 0.5) is 4.79 Å². The van der Waals surface area contributed by atoms with Crippen LogP contribution in [0.1, 0.15) is 42.0 Å². The predicted octanol–water partition coefficient (Wildman–Crippen LogP) is 2.95. The Morgan fingerprint density at radius 1 is 1.20 bits per heavy atom. The molecule has 0 radical (unpaired) electrons. The van der Waals surface area contributed by atoms with Crippen LogP contribution >= 0.6 is 11.3 Å². The molecular formula is C23H35N3O3S. The molecule has 1 aromatic rings. The van der Waals surface area contributed by atoms with Crippen LogP contribution in [0.25, 0.3) is 0 Å². The number of nitrogens with zero attached hydrogens (tertiary/aromatic N) is 3. The lowest BCUT2D eigenvalue weighted by Gasteiger charge is -2.50. The van der Waals surface area contributed by atoms with Gasteiger partial charge < -0.3 is 24.2 Å². The van der Waals surface area contributed by atoms with E-state index in [4.69, 9.17) is 9.47 Å². The van der Waals surface area contributed by atoms with Crippen molar-refractivity contribution in [3.8, 4) is 0 Å². The number of ether oxygens (including phenoxy) is 2. The number of piperidine rings is 1. The van der Waals surface area contributed by atoms with Gasteiger partial charge in [-0.1, -0.05) is 6.92 Å². The van der Waals surface area contributed by atoms with Gasteiger partial charge in [0.1, 0.15) is 0 Å². The molecule has 0 bridgehead atoms. The standard InChI is InChI=1S/C23H35N3O3S/c1-3-19-12-20-21(30-19)4-9-29-23(20)5-6-25(17(2)13-23)14-18-15-26(16-18)22(27)24-7-10-28-11-8-24/h12,17-18H,3-11,13-16H2,1-2H3/t17-,23+/m0/s1. The summed E-state index contributed by atoms with van der Waals surface area (Å²) in [4.78, 5) is 22.3. The lowest BCUT2D eigenvalue weighted by molar-refractivity contribution is -0.114. The summed E-state index contributed by atoms with van der Waals surface area (Å²) in [6.07, 6.45) is 4.38. The quantitative estimate of drug-likeness (QED) is 0.735. The molecule has 2 amide bonds. The highest BCUT2D eigenvalue weighted by Gasteiger charge is 2.45. The van der Waals surface area contributed by atoms with E-state index in [0.717, 1.165) is 71.6 Å². The molecule has 0 unspecified atom stereocenters. The number of aryl methyl sites for hydroxylation is 1. The zero-order chi connectivity index (χ0) is 20.7. The summed E-state index contributed by atoms with van der Waals surface area (Å²) in [5.74, 6) is 0.599. The minimum absolute atomic E-state index is 0.0641. The number of morpholine rings is 1. The lowest BCUT2D eigenvalue weighted by atomic mass is 9.79. The Labute approximate surface area is 184 Å². The topological polar surface area (TPSA) is 45.2 Å². The van der Waals surface area contributed by atoms with E-state index >= 15 is 0 Å². The van der Waals surface area contributed by atoms with Crippen LogP contribution < -0.4 is 0 Å². The molecule has 0 aromatic carbocycles. The highest BCUT2D eigenvalue weighted by Crippen LogP contribution is 2.46. The van der Waals surface area contributed by atoms with Gasteiger partial charge in [-0.25, -0.2) is 4.79 Å². The minimum Gasteiger partial charge on any atom is -0.378 e. The molecule has 3 saturated heterocycles. The molecule has 166 valence electrons. The Morgan fingerprint density at radius 2 is 2.00 bits per heavy atom. The number of hydrogen-bond donors (Lipinski definition) is 0. The number of carbonyl (C=O) groups excluding carboxylic acids is 1. The highest BCUT2D eigenvalue weighted by atomic mass is 32.1. The molecule has 0 aliphatic carbocycles. The Kier molecular flexibility index (Phi) is 5.82. The number of carbonyl (C=O) groups is 1. The molecule has 5 rings (SSSR count). The first-order chi connectivity index (χ1) is 14.6. The third-order valence-corrected chi connectivity index (χ3v) is 8.80. The van der Waals surface area contributed by atoms with Crippen molar-refractivity contribution in [1.29, 1.82) is 0 Å². The average molecular weight is 434 g/mol. The fraction of sp³-hybridized carbons (Fsp3) is 0.783. The molecule has 7 heteroatoms. The van der Waals surface area contributed by atoms with Crippen molar-refractivity contribution in [1.82, 2.24) is 14.7 Å². The molecule has 0 N–H and O–H groups in total. The summed E-state index contributed by atoms with van der Waals surface area (Å²) in [5.41, 5.74) is 1.43. The Morgan fingerprint density at radius 3 is 2.73 bits per heavy atom. The van der Waals surface area contributed by atoms with E-state index in [0.29, 0.717) is 25.2 Å². The number of amides is 2. The zero-order valence-electron chi connectivity index (χ0n) is 18.4. The maximum atomic E-state index is 12.6. The second kappa shape index (κ2) is 8.41. The van der Waals surface area contributed by atoms with Crippen molar-refractivity contribution < 1.29 is 14.3 Å². The summed E-state index contributed by atoms with van der Waals surface area (Å²) >= 11 is 2.00. The molecular weight excluding hydrogens is 398 g/mol. The van der Waals surface area contributed by atoms with Crippen molar-refractivity contribution in [2.45, 2.75) is 51.2 Å². The molecule has 2 atom stereocenters. The maximum absolute atomic E-state index is 12.6. The van der Waals surface area contributed by atoms with Crippen LogP contribution in [0.2, 0.25) is 0 Å². The van der Waals surface area contributed by atoms with E-state index in [1.165, 1.54) is 10.4 Å². The summed E-state index contributed by atoms with van der Waals surface area (Å²) in [6.45, 7) is 12.3. The van der Waals surface area contributed by atoms with Gasteiger partial charge in [0.25, 0.3) is 0 Å². The third kappa shape index (κ3) is 3.78. The smallest absolute Gasteiger partial charge is 0.320 e. The van der Waals surface area contributed by atoms with Gasteiger partial charge in [-0.05, 0) is 37.8 Å². The van der Waals surface area contributed by atoms with Crippen molar-refractivity contribution >= 4 is 17.4 Å². The maximum Gasteiger partial charge on any atom is 0.320 e. The van der Waals surface area contributed by atoms with Crippen molar-refractivity contribution in [3.05, 3.63) is 21.4 Å². The Balaban J connectivity index is 1.15. The SMILES string of the molecule is CCc1cc2c(s1)CCO[C@@]21CCN(CC2CN(C(=O)N3CCOCC3)C2)[C@@H](C)C1. The van der Waals surface area contributed by atoms with E-state index in [-0.39, 0.29) is 11.6 Å². The van der Waals surface area contributed by atoms with Crippen LogP contribution in [0, 0.1) is 5.92 Å². The first-order valence-corrected chi connectivity index (χ1v) is 12.5. The Hall–Kier alpha value is -1.15. The summed E-state index contributed by atoms with van der Waals surface area (Å²) < 4.78 is 11.8. The normalized spacial score (nSPS) is 30.4. The van der Waals surface area contributed by atoms with E-state index < -0.39 is 0 Å². The van der Waals surface area contributed by atoms with E-state index in [1.54, 1.807) is 4.88 Å². The van der Waals surface area contributed by atoms with E-state index in [2.05, 4.69) is 24.8 Å². The first kappa shape index (κ1) is 20.7. The van der Waals surface area contributed by atoms with Gasteiger partial charge in [-0.2, -0.15) is 0 Å². The largest absolute Gasteiger partial charge is 0.378 e. The molecule has 1 aromatic heterocycles. The van der Waals surface area contributed by atoms with Crippen LogP contribution in [0.15, 0.2) is 6.07 Å². The van der Waals surface area contributed by atoms with Gasteiger partial charge in [0, 0.05) is 67.4 Å². The first-order valence-electron chi connectivity index (χ1n) is 11.7. The van der Waals surface area contributed by atoms with Crippen molar-refractivity contribution in [2.24, 2.45) is 5.92 Å². The fourth-order valence-corrected chi connectivity index (χ4v) is 6.85. The van der Waals surface area contributed by atoms with Crippen LogP contribution in [-0.2, 0) is 27.9 Å². The molecule has 4 aliphatic rings. The predicted molar refractivity (Wildman–Crippen MR) is 118 cm³/mol. The fourth-order valence-electron chi connectivity index (χ4n) is 5.67. The third-order valence-electron chi connectivity index (χ3n) is 7.46. The number of fused-ring (bicyclic) bond motifs is 2. The van der Waals surface area contributed by atoms with E-state index in [1.807, 2.05) is 21.1 Å². The van der Waals surface area contributed by atoms with Crippen molar-refractivity contribution in [3.63, 3.8) is 0 Å². The summed E-state index contributed by atoms with van der Waals surface area (Å²) in [6, 6.07) is 3.15. The lowest BCUT2D eigenvalue weighted by Crippen LogP contribution is -2.60. The van der Waals surface area contributed by atoms with Gasteiger partial charge in [0.2, 0.25) is 0 Å². The molecule has 30 heavy (non-hydrogen) atoms. The van der Waals surface area contributed by atoms with Gasteiger partial charge >= 0.3 is 6.03 Å². The van der Waals surface area contributed by atoms with Gasteiger partial charge in [-0.15, -0.1) is 11.3 Å². The van der Waals surface area contributed by atoms with Gasteiger partial charge in [-0.3, -0.25) is 0 Å². The number of rotatable bonds is 3. The van der Waals surface area contributed by atoms with Gasteiger partial charge in [0.05, 0.1) is 25.4 Å². The van der Waals surface area contributed by atoms with Crippen molar-refractivity contribution in [2.75, 3.05) is 59.1 Å². The minimum atomic E-state index is -0.0641. The summed E-state index contributed by atoms with van der Waals surface area (Å²) in [7, 11) is 0. The Bertz CT molecular complexity index is 772. The van der Waals surface area contributed by atoms with Crippen LogP contribution in [-0.4, -0.2) is 85.9 Å².